The molecule has 9 heteroatoms. The van der Waals surface area contributed by atoms with E-state index in [1.807, 2.05) is 19.9 Å². The normalized spacial score (nSPS) is 10.7. The monoisotopic (exact) mass is 460 g/mol. The van der Waals surface area contributed by atoms with Crippen LogP contribution < -0.4 is 20.3 Å². The van der Waals surface area contributed by atoms with Crippen molar-refractivity contribution < 1.29 is 19.1 Å². The van der Waals surface area contributed by atoms with Crippen LogP contribution in [0.15, 0.2) is 34.8 Å². The molecule has 0 aliphatic heterocycles. The summed E-state index contributed by atoms with van der Waals surface area (Å²) in [7, 11) is 2.95. The molecule has 1 heterocycles. The first-order chi connectivity index (χ1) is 13.9. The van der Waals surface area contributed by atoms with Gasteiger partial charge >= 0.3 is 0 Å². The second kappa shape index (κ2) is 8.52. The number of carbonyl (C=O) groups is 2. The molecule has 152 valence electrons. The summed E-state index contributed by atoms with van der Waals surface area (Å²) in [6.45, 7) is 4.75. The van der Waals surface area contributed by atoms with Gasteiger partial charge in [0.1, 0.15) is 17.3 Å². The van der Waals surface area contributed by atoms with Gasteiger partial charge in [0.15, 0.2) is 0 Å². The molecule has 1 aromatic heterocycles. The molecule has 3 aromatic rings. The zero-order valence-corrected chi connectivity index (χ0v) is 18.1. The van der Waals surface area contributed by atoms with Crippen LogP contribution in [0.2, 0.25) is 0 Å². The number of methoxy groups -OCH3 is 2. The predicted molar refractivity (Wildman–Crippen MR) is 112 cm³/mol. The van der Waals surface area contributed by atoms with Gasteiger partial charge in [0, 0.05) is 12.1 Å². The Morgan fingerprint density at radius 3 is 2.48 bits per heavy atom. The highest BCUT2D eigenvalue weighted by molar-refractivity contribution is 9.10. The Morgan fingerprint density at radius 1 is 1.10 bits per heavy atom. The quantitative estimate of drug-likeness (QED) is 0.570. The molecule has 0 spiro atoms. The molecule has 0 bridgehead atoms. The van der Waals surface area contributed by atoms with Gasteiger partial charge < -0.3 is 14.0 Å². The minimum Gasteiger partial charge on any atom is -0.497 e. The minimum atomic E-state index is -0.540. The Balaban J connectivity index is 1.78. The number of hydrazine groups is 1. The van der Waals surface area contributed by atoms with E-state index >= 15 is 0 Å². The number of imidazole rings is 1. The largest absolute Gasteiger partial charge is 0.497 e. The van der Waals surface area contributed by atoms with Crippen molar-refractivity contribution in [2.24, 2.45) is 0 Å². The number of nitrogens with zero attached hydrogens (tertiary/aromatic N) is 2. The maximum atomic E-state index is 12.6. The predicted octanol–water partition coefficient (Wildman–Crippen LogP) is 3.22. The molecule has 2 amide bonds. The Hall–Kier alpha value is -3.07. The van der Waals surface area contributed by atoms with Crippen molar-refractivity contribution in [3.8, 4) is 11.5 Å². The van der Waals surface area contributed by atoms with Crippen molar-refractivity contribution in [1.82, 2.24) is 20.4 Å². The van der Waals surface area contributed by atoms with Gasteiger partial charge in [0.05, 0.1) is 35.3 Å². The van der Waals surface area contributed by atoms with E-state index in [0.29, 0.717) is 21.5 Å². The van der Waals surface area contributed by atoms with E-state index in [9.17, 15) is 9.59 Å². The molecule has 0 aliphatic rings. The summed E-state index contributed by atoms with van der Waals surface area (Å²) in [6.07, 6.45) is 0. The lowest BCUT2D eigenvalue weighted by Crippen LogP contribution is -2.41. The zero-order chi connectivity index (χ0) is 21.1. The van der Waals surface area contributed by atoms with Crippen molar-refractivity contribution in [3.63, 3.8) is 0 Å². The Morgan fingerprint density at radius 2 is 1.83 bits per heavy atom. The molecule has 0 radical (unpaired) electrons. The number of fused-ring (bicyclic) bond motifs is 1. The molecule has 3 rings (SSSR count). The van der Waals surface area contributed by atoms with Crippen molar-refractivity contribution in [3.05, 3.63) is 51.8 Å². The maximum absolute atomic E-state index is 12.6. The van der Waals surface area contributed by atoms with Crippen LogP contribution in [-0.4, -0.2) is 35.6 Å². The fraction of sp³-hybridized carbons (Fsp3) is 0.250. The molecular weight excluding hydrogens is 440 g/mol. The van der Waals surface area contributed by atoms with Gasteiger partial charge in [0.2, 0.25) is 0 Å². The van der Waals surface area contributed by atoms with Gasteiger partial charge in [-0.25, -0.2) is 4.98 Å². The average molecular weight is 461 g/mol. The number of benzene rings is 2. The van der Waals surface area contributed by atoms with Gasteiger partial charge in [-0.05, 0) is 60.1 Å². The first-order valence-electron chi connectivity index (χ1n) is 8.88. The maximum Gasteiger partial charge on any atom is 0.273 e. The topological polar surface area (TPSA) is 94.5 Å². The van der Waals surface area contributed by atoms with Crippen LogP contribution in [0.25, 0.3) is 11.0 Å². The highest BCUT2D eigenvalue weighted by Gasteiger charge is 2.18. The van der Waals surface area contributed by atoms with Crippen LogP contribution in [0, 0.1) is 6.92 Å². The van der Waals surface area contributed by atoms with Crippen LogP contribution >= 0.6 is 15.9 Å². The summed E-state index contributed by atoms with van der Waals surface area (Å²) in [4.78, 5) is 29.6. The van der Waals surface area contributed by atoms with Crippen LogP contribution in [0.1, 0.15) is 33.5 Å². The van der Waals surface area contributed by atoms with E-state index in [-0.39, 0.29) is 5.56 Å². The molecule has 0 saturated heterocycles. The summed E-state index contributed by atoms with van der Waals surface area (Å²) in [6, 6.07) is 8.44. The number of aromatic nitrogens is 2. The lowest BCUT2D eigenvalue weighted by Gasteiger charge is -2.13. The van der Waals surface area contributed by atoms with E-state index < -0.39 is 11.8 Å². The van der Waals surface area contributed by atoms with Crippen molar-refractivity contribution in [2.75, 3.05) is 14.2 Å². The lowest BCUT2D eigenvalue weighted by atomic mass is 10.1. The van der Waals surface area contributed by atoms with E-state index in [1.54, 1.807) is 18.2 Å². The van der Waals surface area contributed by atoms with Gasteiger partial charge in [-0.15, -0.1) is 0 Å². The van der Waals surface area contributed by atoms with E-state index in [2.05, 4.69) is 36.3 Å². The molecule has 2 aromatic carbocycles. The van der Waals surface area contributed by atoms with E-state index in [0.717, 1.165) is 23.4 Å². The van der Waals surface area contributed by atoms with Crippen LogP contribution in [0.5, 0.6) is 11.5 Å². The second-order valence-electron chi connectivity index (χ2n) is 6.21. The molecular formula is C20H21BrN4O4. The highest BCUT2D eigenvalue weighted by Crippen LogP contribution is 2.33. The van der Waals surface area contributed by atoms with Gasteiger partial charge in [-0.2, -0.15) is 0 Å². The van der Waals surface area contributed by atoms with Gasteiger partial charge in [0.25, 0.3) is 11.8 Å². The Labute approximate surface area is 176 Å². The molecule has 0 atom stereocenters. The average Bonchev–Trinajstić information content (AvgIpc) is 3.04. The van der Waals surface area contributed by atoms with E-state index in [4.69, 9.17) is 9.47 Å². The number of aryl methyl sites for hydroxylation is 2. The molecule has 0 aliphatic carbocycles. The fourth-order valence-corrected chi connectivity index (χ4v) is 3.71. The number of halogens is 1. The number of carbonyl (C=O) groups excluding carboxylic acids is 2. The summed E-state index contributed by atoms with van der Waals surface area (Å²) < 4.78 is 13.1. The summed E-state index contributed by atoms with van der Waals surface area (Å²) in [5.41, 5.74) is 7.11. The Kier molecular flexibility index (Phi) is 6.07. The first kappa shape index (κ1) is 20.7. The van der Waals surface area contributed by atoms with Crippen molar-refractivity contribution in [1.29, 1.82) is 0 Å². The molecule has 8 nitrogen and oxygen atoms in total. The number of hydrogen-bond donors (Lipinski definition) is 2. The minimum absolute atomic E-state index is 0.215. The summed E-state index contributed by atoms with van der Waals surface area (Å²) >= 11 is 3.34. The number of hydrogen-bond acceptors (Lipinski definition) is 5. The third kappa shape index (κ3) is 4.04. The highest BCUT2D eigenvalue weighted by atomic mass is 79.9. The zero-order valence-electron chi connectivity index (χ0n) is 16.5. The lowest BCUT2D eigenvalue weighted by molar-refractivity contribution is 0.0844. The van der Waals surface area contributed by atoms with Crippen LogP contribution in [-0.2, 0) is 6.54 Å². The molecule has 0 fully saturated rings. The van der Waals surface area contributed by atoms with Crippen molar-refractivity contribution >= 4 is 38.8 Å². The van der Waals surface area contributed by atoms with Crippen LogP contribution in [0.4, 0.5) is 0 Å². The molecule has 0 saturated carbocycles. The number of nitrogens with one attached hydrogen (secondary N) is 2. The van der Waals surface area contributed by atoms with E-state index in [1.165, 1.54) is 20.3 Å². The molecule has 29 heavy (non-hydrogen) atoms. The molecule has 0 unspecified atom stereocenters. The third-order valence-corrected chi connectivity index (χ3v) is 5.10. The number of ether oxygens (including phenoxy) is 2. The van der Waals surface area contributed by atoms with Crippen molar-refractivity contribution in [2.45, 2.75) is 20.4 Å². The Bertz CT molecular complexity index is 1090. The van der Waals surface area contributed by atoms with Gasteiger partial charge in [-0.1, -0.05) is 0 Å². The third-order valence-electron chi connectivity index (χ3n) is 4.51. The SMILES string of the molecule is CCn1c(C)nc2cc(C(=O)NNC(=O)c3cc(OC)cc(Br)c3OC)ccc21. The smallest absolute Gasteiger partial charge is 0.273 e. The molecule has 2 N–H and O–H groups in total. The standard InChI is InChI=1S/C20H21BrN4O4/c1-5-25-11(2)22-16-8-12(6-7-17(16)25)19(26)23-24-20(27)14-9-13(28-3)10-15(21)18(14)29-4/h6-10H,5H2,1-4H3,(H,23,26)(H,24,27). The summed E-state index contributed by atoms with van der Waals surface area (Å²) in [5.74, 6) is 0.692. The van der Waals surface area contributed by atoms with Crippen LogP contribution in [0.3, 0.4) is 0 Å². The summed E-state index contributed by atoms with van der Waals surface area (Å²) in [5, 5.41) is 0. The first-order valence-corrected chi connectivity index (χ1v) is 9.68. The van der Waals surface area contributed by atoms with Gasteiger partial charge in [-0.3, -0.25) is 20.4 Å². The number of amides is 2. The number of rotatable bonds is 5. The fourth-order valence-electron chi connectivity index (χ4n) is 3.11. The second-order valence-corrected chi connectivity index (χ2v) is 7.06.